The molecular formula is C50H29N5. The molecule has 55 heavy (non-hydrogen) atoms. The third kappa shape index (κ3) is 4.33. The Labute approximate surface area is 316 Å². The Hall–Kier alpha value is -7.86. The average molecular weight is 700 g/mol. The van der Waals surface area contributed by atoms with Crippen molar-refractivity contribution in [1.29, 1.82) is 10.5 Å². The first-order valence-electron chi connectivity index (χ1n) is 18.3. The summed E-state index contributed by atoms with van der Waals surface area (Å²) in [7, 11) is 0. The second-order valence-electron chi connectivity index (χ2n) is 13.9. The summed E-state index contributed by atoms with van der Waals surface area (Å²) in [6, 6.07) is 65.8. The summed E-state index contributed by atoms with van der Waals surface area (Å²) >= 11 is 0. The molecule has 11 aromatic rings. The predicted molar refractivity (Wildman–Crippen MR) is 224 cm³/mol. The number of aromatic nitrogens is 3. The maximum Gasteiger partial charge on any atom is 0.102 e. The van der Waals surface area contributed by atoms with E-state index in [0.717, 1.165) is 82.8 Å². The van der Waals surface area contributed by atoms with Gasteiger partial charge in [-0.1, -0.05) is 115 Å². The Kier molecular flexibility index (Phi) is 6.61. The van der Waals surface area contributed by atoms with Crippen molar-refractivity contribution in [2.24, 2.45) is 0 Å². The highest BCUT2D eigenvalue weighted by Gasteiger charge is 2.23. The van der Waals surface area contributed by atoms with Crippen molar-refractivity contribution < 1.29 is 0 Å². The smallest absolute Gasteiger partial charge is 0.102 e. The number of nitrogens with zero attached hydrogens (tertiary/aromatic N) is 5. The fourth-order valence-corrected chi connectivity index (χ4v) is 8.89. The van der Waals surface area contributed by atoms with E-state index in [0.29, 0.717) is 11.1 Å². The highest BCUT2D eigenvalue weighted by atomic mass is 15.0. The van der Waals surface area contributed by atoms with Gasteiger partial charge in [0.1, 0.15) is 6.07 Å². The molecule has 0 fully saturated rings. The van der Waals surface area contributed by atoms with E-state index >= 15 is 0 Å². The zero-order valence-corrected chi connectivity index (χ0v) is 29.5. The van der Waals surface area contributed by atoms with Gasteiger partial charge in [-0.15, -0.1) is 0 Å². The minimum absolute atomic E-state index is 0.582. The first kappa shape index (κ1) is 30.7. The second kappa shape index (κ2) is 11.8. The molecule has 0 bridgehead atoms. The lowest BCUT2D eigenvalue weighted by Gasteiger charge is -2.17. The molecule has 11 rings (SSSR count). The average Bonchev–Trinajstić information content (AvgIpc) is 3.89. The van der Waals surface area contributed by atoms with E-state index in [4.69, 9.17) is 0 Å². The molecule has 0 aliphatic rings. The van der Waals surface area contributed by atoms with Gasteiger partial charge in [-0.3, -0.25) is 0 Å². The molecule has 254 valence electrons. The van der Waals surface area contributed by atoms with E-state index in [1.54, 1.807) is 0 Å². The first-order chi connectivity index (χ1) is 27.2. The Bertz CT molecular complexity index is 3420. The van der Waals surface area contributed by atoms with Crippen LogP contribution in [0.3, 0.4) is 0 Å². The highest BCUT2D eigenvalue weighted by molar-refractivity contribution is 6.17. The van der Waals surface area contributed by atoms with Crippen molar-refractivity contribution in [3.63, 3.8) is 0 Å². The summed E-state index contributed by atoms with van der Waals surface area (Å²) in [5.41, 5.74) is 12.1. The molecule has 0 aliphatic heterocycles. The molecule has 8 aromatic carbocycles. The molecule has 5 heteroatoms. The molecule has 0 unspecified atom stereocenters. The van der Waals surface area contributed by atoms with Crippen molar-refractivity contribution >= 4 is 65.4 Å². The maximum absolute atomic E-state index is 11.2. The third-order valence-electron chi connectivity index (χ3n) is 11.1. The largest absolute Gasteiger partial charge is 0.309 e. The molecule has 5 nitrogen and oxygen atoms in total. The lowest BCUT2D eigenvalue weighted by molar-refractivity contribution is 1.15. The van der Waals surface area contributed by atoms with E-state index in [1.807, 2.05) is 48.5 Å². The van der Waals surface area contributed by atoms with Crippen LogP contribution in [0.4, 0.5) is 0 Å². The van der Waals surface area contributed by atoms with E-state index in [2.05, 4.69) is 153 Å². The molecule has 3 aromatic heterocycles. The Morgan fingerprint density at radius 2 is 0.782 bits per heavy atom. The van der Waals surface area contributed by atoms with Gasteiger partial charge >= 0.3 is 0 Å². The third-order valence-corrected chi connectivity index (χ3v) is 11.1. The summed E-state index contributed by atoms with van der Waals surface area (Å²) < 4.78 is 6.87. The molecule has 0 N–H and O–H groups in total. The molecule has 0 spiro atoms. The summed E-state index contributed by atoms with van der Waals surface area (Å²) in [5.74, 6) is 0. The van der Waals surface area contributed by atoms with Gasteiger partial charge in [0.05, 0.1) is 67.4 Å². The molecule has 0 atom stereocenters. The zero-order chi connectivity index (χ0) is 36.6. The van der Waals surface area contributed by atoms with Crippen molar-refractivity contribution in [1.82, 2.24) is 13.7 Å². The first-order valence-corrected chi connectivity index (χ1v) is 18.3. The fraction of sp³-hybridized carbons (Fsp3) is 0. The lowest BCUT2D eigenvalue weighted by Crippen LogP contribution is -2.02. The van der Waals surface area contributed by atoms with Crippen LogP contribution < -0.4 is 0 Å². The van der Waals surface area contributed by atoms with Gasteiger partial charge in [0.2, 0.25) is 0 Å². The van der Waals surface area contributed by atoms with Gasteiger partial charge in [-0.2, -0.15) is 10.5 Å². The van der Waals surface area contributed by atoms with Crippen LogP contribution >= 0.6 is 0 Å². The second-order valence-corrected chi connectivity index (χ2v) is 13.9. The van der Waals surface area contributed by atoms with Gasteiger partial charge in [0.25, 0.3) is 0 Å². The Balaban J connectivity index is 1.19. The normalized spacial score (nSPS) is 11.6. The van der Waals surface area contributed by atoms with Crippen LogP contribution in [0, 0.1) is 22.7 Å². The van der Waals surface area contributed by atoms with Gasteiger partial charge in [-0.25, -0.2) is 0 Å². The number of hydrogen-bond acceptors (Lipinski definition) is 2. The van der Waals surface area contributed by atoms with E-state index in [1.165, 1.54) is 10.8 Å². The van der Waals surface area contributed by atoms with Gasteiger partial charge in [0.15, 0.2) is 0 Å². The van der Waals surface area contributed by atoms with Crippen LogP contribution in [0.2, 0.25) is 0 Å². The fourth-order valence-electron chi connectivity index (χ4n) is 8.89. The molecule has 0 radical (unpaired) electrons. The number of para-hydroxylation sites is 5. The van der Waals surface area contributed by atoms with Crippen molar-refractivity contribution in [2.45, 2.75) is 0 Å². The van der Waals surface area contributed by atoms with Gasteiger partial charge < -0.3 is 13.7 Å². The lowest BCUT2D eigenvalue weighted by atomic mass is 9.96. The summed E-state index contributed by atoms with van der Waals surface area (Å²) in [4.78, 5) is 0. The van der Waals surface area contributed by atoms with Crippen LogP contribution in [-0.2, 0) is 0 Å². The van der Waals surface area contributed by atoms with E-state index < -0.39 is 0 Å². The highest BCUT2D eigenvalue weighted by Crippen LogP contribution is 2.43. The molecule has 0 aliphatic carbocycles. The quantitative estimate of drug-likeness (QED) is 0.184. The SMILES string of the molecule is N#Cc1ccc2c3ccccc3n(-c3ccccc3-c3cccc(-n4c5ccccc5c5c(-n6c7ccccc7c7ccccc76)cccc54)c3C#N)c2c1. The van der Waals surface area contributed by atoms with Crippen LogP contribution in [0.5, 0.6) is 0 Å². The summed E-state index contributed by atoms with van der Waals surface area (Å²) in [6.45, 7) is 0. The van der Waals surface area contributed by atoms with Crippen LogP contribution in [0.15, 0.2) is 176 Å². The number of benzene rings is 8. The number of nitriles is 2. The number of fused-ring (bicyclic) bond motifs is 9. The summed E-state index contributed by atoms with van der Waals surface area (Å²) in [5, 5.41) is 27.9. The molecule has 0 amide bonds. The topological polar surface area (TPSA) is 62.4 Å². The van der Waals surface area contributed by atoms with Crippen LogP contribution in [-0.4, -0.2) is 13.7 Å². The molecule has 0 saturated carbocycles. The Morgan fingerprint density at radius 1 is 0.327 bits per heavy atom. The molecular weight excluding hydrogens is 671 g/mol. The van der Waals surface area contributed by atoms with Crippen molar-refractivity contribution in [3.05, 3.63) is 187 Å². The minimum atomic E-state index is 0.582. The number of hydrogen-bond donors (Lipinski definition) is 0. The standard InChI is InChI=1S/C50H29N5/c51-30-32-27-28-38-37-16-4-9-22-44(37)55(49(38)29-32)41-19-6-1-13-34(41)33-18-11-24-46(40(33)31-52)54-45-23-10-5-17-39(45)50-47(25-12-26-48(50)54)53-42-20-7-2-14-35(42)36-15-3-8-21-43(36)53/h1-29H. The van der Waals surface area contributed by atoms with Crippen molar-refractivity contribution in [2.75, 3.05) is 0 Å². The summed E-state index contributed by atoms with van der Waals surface area (Å²) in [6.07, 6.45) is 0. The Morgan fingerprint density at radius 3 is 1.44 bits per heavy atom. The van der Waals surface area contributed by atoms with Gasteiger partial charge in [-0.05, 0) is 60.7 Å². The van der Waals surface area contributed by atoms with Crippen molar-refractivity contribution in [3.8, 4) is 40.3 Å². The maximum atomic E-state index is 11.2. The predicted octanol–water partition coefficient (Wildman–Crippen LogP) is 12.4. The minimum Gasteiger partial charge on any atom is -0.309 e. The molecule has 3 heterocycles. The zero-order valence-electron chi connectivity index (χ0n) is 29.5. The van der Waals surface area contributed by atoms with Gasteiger partial charge in [0, 0.05) is 43.4 Å². The number of rotatable bonds is 4. The monoisotopic (exact) mass is 699 g/mol. The van der Waals surface area contributed by atoms with Crippen LogP contribution in [0.1, 0.15) is 11.1 Å². The van der Waals surface area contributed by atoms with E-state index in [9.17, 15) is 10.5 Å². The van der Waals surface area contributed by atoms with E-state index in [-0.39, 0.29) is 0 Å². The van der Waals surface area contributed by atoms with Crippen LogP contribution in [0.25, 0.3) is 93.6 Å². The molecule has 0 saturated heterocycles.